The molecular formula is C49H40N4. The number of hydrogen-bond acceptors (Lipinski definition) is 4. The molecular weight excluding hydrogens is 645 g/mol. The topological polar surface area (TPSA) is 104 Å². The lowest BCUT2D eigenvalue weighted by Crippen LogP contribution is -2.34. The summed E-state index contributed by atoms with van der Waals surface area (Å²) in [6, 6.07) is 66.8. The standard InChI is InChI=1S/C49H40N4/c50-37-21-25-41(33-13-5-1-6-14-33)45(29-37)49(46-30-38(51)22-26-42(46)34-15-7-2-8-16-34,47-31-39(52)23-27-43(47)35-17-9-3-10-18-35)48-32-40(53)24-28-44(48)36-19-11-4-12-20-36/h1-32H,50-53H2. The van der Waals surface area contributed by atoms with E-state index >= 15 is 0 Å². The van der Waals surface area contributed by atoms with Crippen molar-refractivity contribution in [3.05, 3.63) is 216 Å². The Morgan fingerprint density at radius 2 is 0.453 bits per heavy atom. The molecule has 0 saturated heterocycles. The van der Waals surface area contributed by atoms with Crippen LogP contribution in [-0.2, 0) is 5.41 Å². The molecule has 0 amide bonds. The minimum Gasteiger partial charge on any atom is -0.399 e. The normalized spacial score (nSPS) is 11.3. The van der Waals surface area contributed by atoms with E-state index in [0.29, 0.717) is 22.7 Å². The molecule has 0 aliphatic carbocycles. The van der Waals surface area contributed by atoms with Crippen molar-refractivity contribution in [3.63, 3.8) is 0 Å². The van der Waals surface area contributed by atoms with E-state index in [9.17, 15) is 0 Å². The summed E-state index contributed by atoms with van der Waals surface area (Å²) in [6.45, 7) is 0. The SMILES string of the molecule is Nc1ccc(-c2ccccc2)c(C(c2cc(N)ccc2-c2ccccc2)(c2cc(N)ccc2-c2ccccc2)c2cc(N)ccc2-c2ccccc2)c1. The van der Waals surface area contributed by atoms with Crippen molar-refractivity contribution in [1.82, 2.24) is 0 Å². The molecule has 0 bridgehead atoms. The maximum atomic E-state index is 6.90. The molecule has 0 spiro atoms. The van der Waals surface area contributed by atoms with Crippen LogP contribution in [0.15, 0.2) is 194 Å². The molecule has 0 aromatic heterocycles. The Hall–Kier alpha value is -7.04. The summed E-state index contributed by atoms with van der Waals surface area (Å²) >= 11 is 0. The van der Waals surface area contributed by atoms with E-state index in [1.807, 2.05) is 48.5 Å². The minimum absolute atomic E-state index is 0.629. The van der Waals surface area contributed by atoms with Crippen LogP contribution < -0.4 is 22.9 Å². The number of rotatable bonds is 8. The lowest BCUT2D eigenvalue weighted by molar-refractivity contribution is 0.754. The maximum absolute atomic E-state index is 6.90. The molecule has 0 atom stereocenters. The van der Waals surface area contributed by atoms with Crippen LogP contribution >= 0.6 is 0 Å². The van der Waals surface area contributed by atoms with E-state index in [2.05, 4.69) is 146 Å². The van der Waals surface area contributed by atoms with E-state index in [4.69, 9.17) is 22.9 Å². The third kappa shape index (κ3) is 6.07. The van der Waals surface area contributed by atoms with Crippen molar-refractivity contribution in [2.24, 2.45) is 0 Å². The largest absolute Gasteiger partial charge is 0.399 e. The van der Waals surface area contributed by atoms with E-state index < -0.39 is 5.41 Å². The molecule has 8 aromatic carbocycles. The van der Waals surface area contributed by atoms with Crippen molar-refractivity contribution in [3.8, 4) is 44.5 Å². The zero-order chi connectivity index (χ0) is 36.4. The van der Waals surface area contributed by atoms with Gasteiger partial charge in [-0.1, -0.05) is 146 Å². The minimum atomic E-state index is -1.11. The second-order valence-electron chi connectivity index (χ2n) is 13.4. The highest BCUT2D eigenvalue weighted by atomic mass is 14.6. The van der Waals surface area contributed by atoms with Gasteiger partial charge in [-0.15, -0.1) is 0 Å². The molecule has 0 aliphatic rings. The summed E-state index contributed by atoms with van der Waals surface area (Å²) in [5.41, 5.74) is 41.1. The fraction of sp³-hybridized carbons (Fsp3) is 0.0204. The van der Waals surface area contributed by atoms with Gasteiger partial charge in [-0.3, -0.25) is 0 Å². The Labute approximate surface area is 311 Å². The first-order valence-corrected chi connectivity index (χ1v) is 17.7. The molecule has 0 aliphatic heterocycles. The van der Waals surface area contributed by atoms with E-state index in [1.54, 1.807) is 0 Å². The van der Waals surface area contributed by atoms with Gasteiger partial charge >= 0.3 is 0 Å². The predicted octanol–water partition coefficient (Wildman–Crippen LogP) is 11.1. The summed E-state index contributed by atoms with van der Waals surface area (Å²) < 4.78 is 0. The average molecular weight is 685 g/mol. The Morgan fingerprint density at radius 1 is 0.245 bits per heavy atom. The number of hydrogen-bond donors (Lipinski definition) is 4. The van der Waals surface area contributed by atoms with Crippen LogP contribution in [0.1, 0.15) is 22.3 Å². The number of nitrogens with two attached hydrogens (primary N) is 4. The second kappa shape index (κ2) is 13.9. The first kappa shape index (κ1) is 33.1. The fourth-order valence-corrected chi connectivity index (χ4v) is 7.84. The fourth-order valence-electron chi connectivity index (χ4n) is 7.84. The smallest absolute Gasteiger partial charge is 0.0728 e. The number of anilines is 4. The Bertz CT molecular complexity index is 2170. The molecule has 0 saturated carbocycles. The first-order chi connectivity index (χ1) is 25.9. The summed E-state index contributed by atoms with van der Waals surface area (Å²) in [5.74, 6) is 0. The summed E-state index contributed by atoms with van der Waals surface area (Å²) in [6.07, 6.45) is 0. The van der Waals surface area contributed by atoms with Crippen LogP contribution in [-0.4, -0.2) is 0 Å². The Kier molecular flexibility index (Phi) is 8.71. The number of nitrogen functional groups attached to an aromatic ring is 4. The van der Waals surface area contributed by atoms with Crippen LogP contribution in [0.25, 0.3) is 44.5 Å². The molecule has 0 fully saturated rings. The number of benzene rings is 8. The van der Waals surface area contributed by atoms with Gasteiger partial charge in [0.1, 0.15) is 0 Å². The van der Waals surface area contributed by atoms with Gasteiger partial charge in [-0.25, -0.2) is 0 Å². The summed E-state index contributed by atoms with van der Waals surface area (Å²) in [7, 11) is 0. The maximum Gasteiger partial charge on any atom is 0.0728 e. The van der Waals surface area contributed by atoms with Crippen LogP contribution in [0, 0.1) is 0 Å². The van der Waals surface area contributed by atoms with Crippen molar-refractivity contribution < 1.29 is 0 Å². The zero-order valence-corrected chi connectivity index (χ0v) is 29.3. The van der Waals surface area contributed by atoms with Crippen LogP contribution in [0.2, 0.25) is 0 Å². The van der Waals surface area contributed by atoms with Gasteiger partial charge in [0.2, 0.25) is 0 Å². The summed E-state index contributed by atoms with van der Waals surface area (Å²) in [5, 5.41) is 0. The molecule has 0 radical (unpaired) electrons. The van der Waals surface area contributed by atoms with Crippen molar-refractivity contribution in [2.75, 3.05) is 22.9 Å². The molecule has 53 heavy (non-hydrogen) atoms. The van der Waals surface area contributed by atoms with Crippen LogP contribution in [0.4, 0.5) is 22.7 Å². The molecule has 8 rings (SSSR count). The highest BCUT2D eigenvalue weighted by Gasteiger charge is 2.45. The van der Waals surface area contributed by atoms with Gasteiger partial charge in [0.25, 0.3) is 0 Å². The Morgan fingerprint density at radius 3 is 0.660 bits per heavy atom. The molecule has 4 heteroatoms. The third-order valence-electron chi connectivity index (χ3n) is 10.1. The molecule has 4 nitrogen and oxygen atoms in total. The van der Waals surface area contributed by atoms with Crippen molar-refractivity contribution >= 4 is 22.7 Å². The van der Waals surface area contributed by atoms with Crippen LogP contribution in [0.3, 0.4) is 0 Å². The lowest BCUT2D eigenvalue weighted by atomic mass is 9.59. The van der Waals surface area contributed by atoms with E-state index in [0.717, 1.165) is 66.8 Å². The van der Waals surface area contributed by atoms with Gasteiger partial charge in [0.15, 0.2) is 0 Å². The highest BCUT2D eigenvalue weighted by molar-refractivity contribution is 5.89. The monoisotopic (exact) mass is 684 g/mol. The average Bonchev–Trinajstić information content (AvgIpc) is 3.20. The predicted molar refractivity (Wildman–Crippen MR) is 224 cm³/mol. The molecule has 8 aromatic rings. The first-order valence-electron chi connectivity index (χ1n) is 17.7. The van der Waals surface area contributed by atoms with Crippen LogP contribution in [0.5, 0.6) is 0 Å². The molecule has 256 valence electrons. The van der Waals surface area contributed by atoms with Gasteiger partial charge < -0.3 is 22.9 Å². The molecule has 8 N–H and O–H groups in total. The summed E-state index contributed by atoms with van der Waals surface area (Å²) in [4.78, 5) is 0. The Balaban J connectivity index is 1.69. The van der Waals surface area contributed by atoms with E-state index in [1.165, 1.54) is 0 Å². The van der Waals surface area contributed by atoms with Gasteiger partial charge in [-0.05, 0) is 115 Å². The second-order valence-corrected chi connectivity index (χ2v) is 13.4. The van der Waals surface area contributed by atoms with E-state index in [-0.39, 0.29) is 0 Å². The quantitative estimate of drug-likeness (QED) is 0.0944. The van der Waals surface area contributed by atoms with Gasteiger partial charge in [-0.2, -0.15) is 0 Å². The molecule has 0 unspecified atom stereocenters. The van der Waals surface area contributed by atoms with Crippen molar-refractivity contribution in [2.45, 2.75) is 5.41 Å². The van der Waals surface area contributed by atoms with Gasteiger partial charge in [0.05, 0.1) is 5.41 Å². The highest BCUT2D eigenvalue weighted by Crippen LogP contribution is 2.56. The third-order valence-corrected chi connectivity index (χ3v) is 10.1. The molecule has 0 heterocycles. The lowest BCUT2D eigenvalue weighted by Gasteiger charge is -2.42. The van der Waals surface area contributed by atoms with Gasteiger partial charge in [0, 0.05) is 22.7 Å². The van der Waals surface area contributed by atoms with Crippen molar-refractivity contribution in [1.29, 1.82) is 0 Å². The zero-order valence-electron chi connectivity index (χ0n) is 29.3.